The predicted octanol–water partition coefficient (Wildman–Crippen LogP) is 4.21. The summed E-state index contributed by atoms with van der Waals surface area (Å²) in [7, 11) is 1.56. The fourth-order valence-electron chi connectivity index (χ4n) is 6.09. The van der Waals surface area contributed by atoms with E-state index in [9.17, 15) is 19.2 Å². The average molecular weight is 539 g/mol. The molecule has 1 aromatic carbocycles. The van der Waals surface area contributed by atoms with Crippen molar-refractivity contribution in [3.63, 3.8) is 0 Å². The molecule has 1 aromatic heterocycles. The number of ketones is 1. The first-order valence-corrected chi connectivity index (χ1v) is 14.4. The standard InChI is InChI=1S/C30H42N4O5/c1-20(2)32-27(35)18-33(30(38)29(37)25-17-31-26-16-23(39-3)14-15-24(25)26)19-28(36)34(21-10-6-4-7-11-21)22-12-8-5-9-13-22/h14-17,20-22,31H,4-13,18-19H2,1-3H3,(H,32,35). The van der Waals surface area contributed by atoms with Crippen LogP contribution in [0.2, 0.25) is 0 Å². The normalized spacial score (nSPS) is 16.7. The van der Waals surface area contributed by atoms with E-state index in [0.717, 1.165) is 56.3 Å². The lowest BCUT2D eigenvalue weighted by atomic mass is 9.88. The summed E-state index contributed by atoms with van der Waals surface area (Å²) in [5.74, 6) is -1.55. The van der Waals surface area contributed by atoms with E-state index in [-0.39, 0.29) is 42.7 Å². The zero-order chi connectivity index (χ0) is 27.9. The molecule has 0 bridgehead atoms. The summed E-state index contributed by atoms with van der Waals surface area (Å²) < 4.78 is 5.25. The maximum absolute atomic E-state index is 13.9. The summed E-state index contributed by atoms with van der Waals surface area (Å²) >= 11 is 0. The van der Waals surface area contributed by atoms with E-state index < -0.39 is 17.6 Å². The molecule has 2 fully saturated rings. The van der Waals surface area contributed by atoms with Gasteiger partial charge >= 0.3 is 0 Å². The number of fused-ring (bicyclic) bond motifs is 1. The van der Waals surface area contributed by atoms with Gasteiger partial charge in [0.2, 0.25) is 11.8 Å². The van der Waals surface area contributed by atoms with Gasteiger partial charge in [0.25, 0.3) is 11.7 Å². The molecule has 0 spiro atoms. The molecule has 2 N–H and O–H groups in total. The van der Waals surface area contributed by atoms with Crippen LogP contribution in [0.3, 0.4) is 0 Å². The fourth-order valence-corrected chi connectivity index (χ4v) is 6.09. The number of benzene rings is 1. The Labute approximate surface area is 230 Å². The molecule has 2 saturated carbocycles. The van der Waals surface area contributed by atoms with E-state index in [0.29, 0.717) is 16.7 Å². The number of carbonyl (C=O) groups is 4. The van der Waals surface area contributed by atoms with Gasteiger partial charge < -0.3 is 24.8 Å². The topological polar surface area (TPSA) is 112 Å². The number of aromatic amines is 1. The highest BCUT2D eigenvalue weighted by Gasteiger charge is 2.35. The molecular weight excluding hydrogens is 496 g/mol. The Hall–Kier alpha value is -3.36. The second-order valence-electron chi connectivity index (χ2n) is 11.2. The number of H-pyrrole nitrogens is 1. The lowest BCUT2D eigenvalue weighted by Gasteiger charge is -2.42. The lowest BCUT2D eigenvalue weighted by Crippen LogP contribution is -2.54. The molecule has 0 radical (unpaired) electrons. The molecule has 39 heavy (non-hydrogen) atoms. The van der Waals surface area contributed by atoms with Crippen LogP contribution in [0.15, 0.2) is 24.4 Å². The minimum absolute atomic E-state index is 0.134. The van der Waals surface area contributed by atoms with Gasteiger partial charge in [-0.15, -0.1) is 0 Å². The lowest BCUT2D eigenvalue weighted by molar-refractivity contribution is -0.144. The van der Waals surface area contributed by atoms with E-state index in [2.05, 4.69) is 10.3 Å². The van der Waals surface area contributed by atoms with Gasteiger partial charge in [-0.2, -0.15) is 0 Å². The largest absolute Gasteiger partial charge is 0.497 e. The molecule has 9 heteroatoms. The van der Waals surface area contributed by atoms with Crippen LogP contribution in [0, 0.1) is 0 Å². The van der Waals surface area contributed by atoms with Crippen LogP contribution in [-0.2, 0) is 14.4 Å². The smallest absolute Gasteiger partial charge is 0.295 e. The molecule has 3 amide bonds. The number of amides is 3. The van der Waals surface area contributed by atoms with Crippen molar-refractivity contribution in [2.24, 2.45) is 0 Å². The van der Waals surface area contributed by atoms with Crippen molar-refractivity contribution in [3.8, 4) is 5.75 Å². The Morgan fingerprint density at radius 1 is 0.949 bits per heavy atom. The molecule has 0 atom stereocenters. The van der Waals surface area contributed by atoms with E-state index in [1.54, 1.807) is 25.3 Å². The van der Waals surface area contributed by atoms with Gasteiger partial charge in [0.1, 0.15) is 18.8 Å². The summed E-state index contributed by atoms with van der Waals surface area (Å²) in [4.78, 5) is 59.9. The number of Topliss-reactive ketones (excluding diaryl/α,β-unsaturated/α-hetero) is 1. The van der Waals surface area contributed by atoms with Crippen molar-refractivity contribution in [1.82, 2.24) is 20.1 Å². The number of nitrogens with one attached hydrogen (secondary N) is 2. The number of hydrogen-bond acceptors (Lipinski definition) is 5. The molecule has 1 heterocycles. The summed E-state index contributed by atoms with van der Waals surface area (Å²) in [6, 6.07) is 5.36. The second-order valence-corrected chi connectivity index (χ2v) is 11.2. The second kappa shape index (κ2) is 13.1. The predicted molar refractivity (Wildman–Crippen MR) is 150 cm³/mol. The Bertz CT molecular complexity index is 1160. The Kier molecular flexibility index (Phi) is 9.64. The fraction of sp³-hybridized carbons (Fsp3) is 0.600. The van der Waals surface area contributed by atoms with Gasteiger partial charge in [-0.05, 0) is 51.7 Å². The van der Waals surface area contributed by atoms with Gasteiger partial charge in [0.05, 0.1) is 12.7 Å². The number of ether oxygens (including phenoxy) is 1. The molecule has 2 aliphatic carbocycles. The SMILES string of the molecule is COc1ccc2c(C(=O)C(=O)N(CC(=O)NC(C)C)CC(=O)N(C3CCCCC3)C3CCCCC3)c[nH]c2c1. The number of methoxy groups -OCH3 is 1. The van der Waals surface area contributed by atoms with E-state index in [4.69, 9.17) is 4.74 Å². The van der Waals surface area contributed by atoms with Crippen molar-refractivity contribution in [3.05, 3.63) is 30.0 Å². The van der Waals surface area contributed by atoms with Crippen LogP contribution in [0.25, 0.3) is 10.9 Å². The Morgan fingerprint density at radius 2 is 1.56 bits per heavy atom. The van der Waals surface area contributed by atoms with Crippen LogP contribution >= 0.6 is 0 Å². The molecule has 2 aliphatic rings. The third-order valence-corrected chi connectivity index (χ3v) is 7.95. The van der Waals surface area contributed by atoms with Crippen LogP contribution < -0.4 is 10.1 Å². The summed E-state index contributed by atoms with van der Waals surface area (Å²) in [6.07, 6.45) is 12.0. The van der Waals surface area contributed by atoms with E-state index in [1.807, 2.05) is 18.7 Å². The summed E-state index contributed by atoms with van der Waals surface area (Å²) in [5.41, 5.74) is 0.863. The van der Waals surface area contributed by atoms with Crippen LogP contribution in [0.4, 0.5) is 0 Å². The number of carbonyl (C=O) groups excluding carboxylic acids is 4. The van der Waals surface area contributed by atoms with Gasteiger partial charge in [-0.3, -0.25) is 19.2 Å². The molecular formula is C30H42N4O5. The van der Waals surface area contributed by atoms with Crippen molar-refractivity contribution in [1.29, 1.82) is 0 Å². The zero-order valence-corrected chi connectivity index (χ0v) is 23.5. The van der Waals surface area contributed by atoms with E-state index in [1.165, 1.54) is 19.0 Å². The third-order valence-electron chi connectivity index (χ3n) is 7.95. The maximum Gasteiger partial charge on any atom is 0.295 e. The Balaban J connectivity index is 1.59. The first kappa shape index (κ1) is 28.6. The number of nitrogens with zero attached hydrogens (tertiary/aromatic N) is 2. The van der Waals surface area contributed by atoms with Gasteiger partial charge in [0.15, 0.2) is 0 Å². The molecule has 0 unspecified atom stereocenters. The van der Waals surface area contributed by atoms with E-state index >= 15 is 0 Å². The molecule has 0 saturated heterocycles. The van der Waals surface area contributed by atoms with Crippen LogP contribution in [-0.4, -0.2) is 76.6 Å². The molecule has 9 nitrogen and oxygen atoms in total. The first-order valence-electron chi connectivity index (χ1n) is 14.4. The van der Waals surface area contributed by atoms with Crippen molar-refractivity contribution >= 4 is 34.4 Å². The highest BCUT2D eigenvalue weighted by Crippen LogP contribution is 2.31. The zero-order valence-electron chi connectivity index (χ0n) is 23.5. The minimum Gasteiger partial charge on any atom is -0.497 e. The van der Waals surface area contributed by atoms with Crippen molar-refractivity contribution < 1.29 is 23.9 Å². The van der Waals surface area contributed by atoms with Gasteiger partial charge in [-0.25, -0.2) is 0 Å². The van der Waals surface area contributed by atoms with Crippen LogP contribution in [0.5, 0.6) is 5.75 Å². The minimum atomic E-state index is -0.855. The number of hydrogen-bond donors (Lipinski definition) is 2. The van der Waals surface area contributed by atoms with Gasteiger partial charge in [-0.1, -0.05) is 38.5 Å². The summed E-state index contributed by atoms with van der Waals surface area (Å²) in [6.45, 7) is 3.01. The van der Waals surface area contributed by atoms with Crippen molar-refractivity contribution in [2.75, 3.05) is 20.2 Å². The first-order chi connectivity index (χ1) is 18.8. The number of rotatable bonds is 10. The average Bonchev–Trinajstić information content (AvgIpc) is 3.36. The number of aromatic nitrogens is 1. The highest BCUT2D eigenvalue weighted by atomic mass is 16.5. The highest BCUT2D eigenvalue weighted by molar-refractivity contribution is 6.45. The van der Waals surface area contributed by atoms with Gasteiger partial charge in [0, 0.05) is 41.3 Å². The van der Waals surface area contributed by atoms with Crippen molar-refractivity contribution in [2.45, 2.75) is 96.2 Å². The summed E-state index contributed by atoms with van der Waals surface area (Å²) in [5, 5.41) is 3.37. The molecule has 0 aliphatic heterocycles. The van der Waals surface area contributed by atoms with Crippen LogP contribution in [0.1, 0.15) is 88.4 Å². The maximum atomic E-state index is 13.9. The Morgan fingerprint density at radius 3 is 2.13 bits per heavy atom. The monoisotopic (exact) mass is 538 g/mol. The third kappa shape index (κ3) is 6.99. The molecule has 212 valence electrons. The molecule has 2 aromatic rings. The quantitative estimate of drug-likeness (QED) is 0.348. The molecule has 4 rings (SSSR count).